The van der Waals surface area contributed by atoms with Gasteiger partial charge in [0, 0.05) is 12.3 Å². The minimum atomic E-state index is -1.06. The van der Waals surface area contributed by atoms with Gasteiger partial charge in [-0.2, -0.15) is 0 Å². The summed E-state index contributed by atoms with van der Waals surface area (Å²) in [5, 5.41) is 11.1. The van der Waals surface area contributed by atoms with Gasteiger partial charge in [-0.3, -0.25) is 9.78 Å². The number of pyridine rings is 2. The van der Waals surface area contributed by atoms with E-state index in [9.17, 15) is 9.59 Å². The van der Waals surface area contributed by atoms with Gasteiger partial charge in [0.2, 0.25) is 0 Å². The Labute approximate surface area is 114 Å². The summed E-state index contributed by atoms with van der Waals surface area (Å²) in [6.45, 7) is 0. The number of carbonyl (C=O) groups is 2. The fraction of sp³-hybridized carbons (Fsp3) is 0. The standard InChI is InChI=1S/C14H11N3O3/c18-13(19)8-7-10-4-3-6-12(16-10)17-14(20)11-5-1-2-9-15-11/h1-9H,(H,18,19)(H,16,17,20). The number of hydrogen-bond acceptors (Lipinski definition) is 4. The number of nitrogens with one attached hydrogen (secondary N) is 1. The molecule has 2 rings (SSSR count). The van der Waals surface area contributed by atoms with E-state index in [0.717, 1.165) is 6.08 Å². The Bertz CT molecular complexity index is 654. The molecular formula is C14H11N3O3. The second kappa shape index (κ2) is 6.24. The van der Waals surface area contributed by atoms with E-state index in [0.29, 0.717) is 11.5 Å². The summed E-state index contributed by atoms with van der Waals surface area (Å²) in [5.74, 6) is -1.11. The zero-order valence-electron chi connectivity index (χ0n) is 10.4. The lowest BCUT2D eigenvalue weighted by molar-refractivity contribution is -0.131. The van der Waals surface area contributed by atoms with Crippen molar-refractivity contribution in [3.63, 3.8) is 0 Å². The lowest BCUT2D eigenvalue weighted by atomic mass is 10.3. The molecule has 0 spiro atoms. The molecule has 0 aromatic carbocycles. The van der Waals surface area contributed by atoms with Crippen molar-refractivity contribution in [2.75, 3.05) is 5.32 Å². The predicted octanol–water partition coefficient (Wildman–Crippen LogP) is 1.83. The van der Waals surface area contributed by atoms with Crippen LogP contribution in [0.1, 0.15) is 16.2 Å². The number of amides is 1. The molecule has 2 aromatic heterocycles. The molecule has 0 unspecified atom stereocenters. The molecule has 1 amide bonds. The monoisotopic (exact) mass is 269 g/mol. The summed E-state index contributed by atoms with van der Waals surface area (Å²) in [6.07, 6.45) is 3.85. The second-order valence-corrected chi connectivity index (χ2v) is 3.79. The van der Waals surface area contributed by atoms with Gasteiger partial charge in [0.05, 0.1) is 5.69 Å². The van der Waals surface area contributed by atoms with Crippen LogP contribution in [-0.4, -0.2) is 27.0 Å². The first-order valence-corrected chi connectivity index (χ1v) is 5.75. The molecule has 20 heavy (non-hydrogen) atoms. The molecule has 0 bridgehead atoms. The smallest absolute Gasteiger partial charge is 0.328 e. The highest BCUT2D eigenvalue weighted by molar-refractivity contribution is 6.02. The van der Waals surface area contributed by atoms with Crippen LogP contribution in [0.3, 0.4) is 0 Å². The molecule has 0 aliphatic carbocycles. The quantitative estimate of drug-likeness (QED) is 0.826. The van der Waals surface area contributed by atoms with E-state index in [1.807, 2.05) is 0 Å². The maximum absolute atomic E-state index is 11.9. The van der Waals surface area contributed by atoms with Crippen molar-refractivity contribution in [1.82, 2.24) is 9.97 Å². The van der Waals surface area contributed by atoms with Gasteiger partial charge >= 0.3 is 5.97 Å². The van der Waals surface area contributed by atoms with Crippen molar-refractivity contribution in [1.29, 1.82) is 0 Å². The van der Waals surface area contributed by atoms with Gasteiger partial charge in [-0.25, -0.2) is 9.78 Å². The van der Waals surface area contributed by atoms with E-state index < -0.39 is 5.97 Å². The predicted molar refractivity (Wildman–Crippen MR) is 73.1 cm³/mol. The largest absolute Gasteiger partial charge is 0.478 e. The number of aromatic nitrogens is 2. The highest BCUT2D eigenvalue weighted by Gasteiger charge is 2.07. The highest BCUT2D eigenvalue weighted by Crippen LogP contribution is 2.08. The number of anilines is 1. The van der Waals surface area contributed by atoms with Crippen LogP contribution >= 0.6 is 0 Å². The van der Waals surface area contributed by atoms with Gasteiger partial charge in [0.25, 0.3) is 5.91 Å². The number of carbonyl (C=O) groups excluding carboxylic acids is 1. The van der Waals surface area contributed by atoms with Crippen molar-refractivity contribution < 1.29 is 14.7 Å². The third kappa shape index (κ3) is 3.74. The van der Waals surface area contributed by atoms with Crippen LogP contribution in [-0.2, 0) is 4.79 Å². The van der Waals surface area contributed by atoms with Crippen LogP contribution < -0.4 is 5.32 Å². The van der Waals surface area contributed by atoms with Crippen LogP contribution in [0.4, 0.5) is 5.82 Å². The Kier molecular flexibility index (Phi) is 4.18. The first kappa shape index (κ1) is 13.4. The number of carboxylic acid groups (broad SMARTS) is 1. The van der Waals surface area contributed by atoms with Gasteiger partial charge in [0.15, 0.2) is 0 Å². The van der Waals surface area contributed by atoms with Crippen LogP contribution in [0, 0.1) is 0 Å². The summed E-state index contributed by atoms with van der Waals surface area (Å²) in [7, 11) is 0. The minimum Gasteiger partial charge on any atom is -0.478 e. The lowest BCUT2D eigenvalue weighted by Gasteiger charge is -2.04. The molecule has 0 radical (unpaired) electrons. The number of carboxylic acids is 1. The Morgan fingerprint density at radius 3 is 2.70 bits per heavy atom. The SMILES string of the molecule is O=C(O)C=Cc1cccc(NC(=O)c2ccccn2)n1. The average Bonchev–Trinajstić information content (AvgIpc) is 2.46. The lowest BCUT2D eigenvalue weighted by Crippen LogP contribution is -2.14. The zero-order chi connectivity index (χ0) is 14.4. The molecule has 100 valence electrons. The van der Waals surface area contributed by atoms with Gasteiger partial charge in [-0.15, -0.1) is 0 Å². The van der Waals surface area contributed by atoms with E-state index in [2.05, 4.69) is 15.3 Å². The Balaban J connectivity index is 2.12. The summed E-state index contributed by atoms with van der Waals surface area (Å²) < 4.78 is 0. The maximum Gasteiger partial charge on any atom is 0.328 e. The number of aliphatic carboxylic acids is 1. The summed E-state index contributed by atoms with van der Waals surface area (Å²) in [5.41, 5.74) is 0.715. The first-order chi connectivity index (χ1) is 9.65. The van der Waals surface area contributed by atoms with Gasteiger partial charge in [-0.05, 0) is 30.3 Å². The topological polar surface area (TPSA) is 92.2 Å². The molecule has 0 aliphatic heterocycles. The number of nitrogens with zero attached hydrogens (tertiary/aromatic N) is 2. The Morgan fingerprint density at radius 1 is 1.15 bits per heavy atom. The Hall–Kier alpha value is -3.02. The normalized spacial score (nSPS) is 10.4. The van der Waals surface area contributed by atoms with E-state index in [-0.39, 0.29) is 11.6 Å². The van der Waals surface area contributed by atoms with Crippen molar-refractivity contribution in [2.45, 2.75) is 0 Å². The average molecular weight is 269 g/mol. The van der Waals surface area contributed by atoms with Crippen LogP contribution in [0.5, 0.6) is 0 Å². The van der Waals surface area contributed by atoms with E-state index in [1.165, 1.54) is 12.3 Å². The second-order valence-electron chi connectivity index (χ2n) is 3.79. The van der Waals surface area contributed by atoms with Crippen LogP contribution in [0.15, 0.2) is 48.7 Å². The number of rotatable bonds is 4. The zero-order valence-corrected chi connectivity index (χ0v) is 10.4. The van der Waals surface area contributed by atoms with Crippen LogP contribution in [0.25, 0.3) is 6.08 Å². The molecule has 0 saturated heterocycles. The molecule has 2 aromatic rings. The van der Waals surface area contributed by atoms with E-state index in [1.54, 1.807) is 36.4 Å². The molecule has 2 N–H and O–H groups in total. The molecule has 2 heterocycles. The van der Waals surface area contributed by atoms with Gasteiger partial charge in [0.1, 0.15) is 11.5 Å². The molecule has 6 heteroatoms. The molecule has 0 saturated carbocycles. The molecule has 0 aliphatic rings. The van der Waals surface area contributed by atoms with Crippen LogP contribution in [0.2, 0.25) is 0 Å². The van der Waals surface area contributed by atoms with Crippen molar-refractivity contribution in [3.8, 4) is 0 Å². The minimum absolute atomic E-state index is 0.279. The van der Waals surface area contributed by atoms with Crippen molar-refractivity contribution >= 4 is 23.8 Å². The molecule has 0 fully saturated rings. The van der Waals surface area contributed by atoms with E-state index >= 15 is 0 Å². The van der Waals surface area contributed by atoms with Gasteiger partial charge < -0.3 is 10.4 Å². The Morgan fingerprint density at radius 2 is 2.00 bits per heavy atom. The summed E-state index contributed by atoms with van der Waals surface area (Å²) in [6, 6.07) is 9.93. The molecule has 6 nitrogen and oxygen atoms in total. The molecular weight excluding hydrogens is 258 g/mol. The highest BCUT2D eigenvalue weighted by atomic mass is 16.4. The fourth-order valence-corrected chi connectivity index (χ4v) is 1.45. The number of hydrogen-bond donors (Lipinski definition) is 2. The van der Waals surface area contributed by atoms with Crippen molar-refractivity contribution in [2.24, 2.45) is 0 Å². The summed E-state index contributed by atoms with van der Waals surface area (Å²) in [4.78, 5) is 30.3. The molecule has 0 atom stereocenters. The third-order valence-corrected chi connectivity index (χ3v) is 2.31. The first-order valence-electron chi connectivity index (χ1n) is 5.75. The third-order valence-electron chi connectivity index (χ3n) is 2.31. The fourth-order valence-electron chi connectivity index (χ4n) is 1.45. The maximum atomic E-state index is 11.9. The van der Waals surface area contributed by atoms with Gasteiger partial charge in [-0.1, -0.05) is 12.1 Å². The summed E-state index contributed by atoms with van der Waals surface area (Å²) >= 11 is 0. The van der Waals surface area contributed by atoms with E-state index in [4.69, 9.17) is 5.11 Å². The van der Waals surface area contributed by atoms with Crippen molar-refractivity contribution in [3.05, 3.63) is 60.1 Å².